The lowest BCUT2D eigenvalue weighted by atomic mass is 10.1. The van der Waals surface area contributed by atoms with E-state index in [1.807, 2.05) is 24.3 Å². The summed E-state index contributed by atoms with van der Waals surface area (Å²) in [5, 5.41) is 6.93. The zero-order valence-corrected chi connectivity index (χ0v) is 14.0. The molecule has 1 amide bonds. The average molecular weight is 338 g/mol. The van der Waals surface area contributed by atoms with Gasteiger partial charge in [-0.1, -0.05) is 12.1 Å². The van der Waals surface area contributed by atoms with Gasteiger partial charge in [-0.3, -0.25) is 4.79 Å². The largest absolute Gasteiger partial charge is 0.493 e. The molecule has 0 unspecified atom stereocenters. The first-order chi connectivity index (χ1) is 12.2. The fourth-order valence-electron chi connectivity index (χ4n) is 2.38. The number of ether oxygens (including phenoxy) is 2. The fraction of sp³-hybridized carbons (Fsp3) is 0.167. The molecule has 0 aliphatic rings. The van der Waals surface area contributed by atoms with Gasteiger partial charge < -0.3 is 14.8 Å². The van der Waals surface area contributed by atoms with Gasteiger partial charge in [-0.2, -0.15) is 5.10 Å². The second-order valence-corrected chi connectivity index (χ2v) is 5.31. The van der Waals surface area contributed by atoms with Crippen molar-refractivity contribution in [2.24, 2.45) is 0 Å². The molecule has 0 aliphatic heterocycles. The predicted molar refractivity (Wildman–Crippen MR) is 93.1 cm³/mol. The number of amides is 1. The van der Waals surface area contributed by atoms with Crippen LogP contribution < -0.4 is 14.8 Å². The van der Waals surface area contributed by atoms with E-state index in [0.29, 0.717) is 29.3 Å². The van der Waals surface area contributed by atoms with Crippen molar-refractivity contribution in [2.75, 3.05) is 19.5 Å². The van der Waals surface area contributed by atoms with Crippen molar-refractivity contribution in [3.8, 4) is 11.5 Å². The number of rotatable bonds is 6. The van der Waals surface area contributed by atoms with Gasteiger partial charge >= 0.3 is 0 Å². The molecule has 3 rings (SSSR count). The first-order valence-corrected chi connectivity index (χ1v) is 7.64. The standard InChI is InChI=1S/C18H18N4O3/c1-24-16-8-5-14(9-17(16)25-2)18(23)21-15-6-3-13(4-7-15)10-22-12-19-11-20-22/h3-9,11-12H,10H2,1-2H3,(H,21,23). The van der Waals surface area contributed by atoms with E-state index in [0.717, 1.165) is 5.56 Å². The first kappa shape index (κ1) is 16.5. The Bertz CT molecular complexity index is 845. The molecule has 0 radical (unpaired) electrons. The van der Waals surface area contributed by atoms with E-state index in [2.05, 4.69) is 15.4 Å². The van der Waals surface area contributed by atoms with Crippen molar-refractivity contribution in [1.29, 1.82) is 0 Å². The van der Waals surface area contributed by atoms with Gasteiger partial charge in [-0.25, -0.2) is 9.67 Å². The van der Waals surface area contributed by atoms with Crippen LogP contribution in [0, 0.1) is 0 Å². The van der Waals surface area contributed by atoms with Crippen LogP contribution in [0.2, 0.25) is 0 Å². The normalized spacial score (nSPS) is 10.3. The molecule has 0 saturated heterocycles. The van der Waals surface area contributed by atoms with Gasteiger partial charge in [0, 0.05) is 11.3 Å². The second kappa shape index (κ2) is 7.48. The number of nitrogens with one attached hydrogen (secondary N) is 1. The lowest BCUT2D eigenvalue weighted by Gasteiger charge is -2.10. The molecule has 128 valence electrons. The van der Waals surface area contributed by atoms with Crippen molar-refractivity contribution in [2.45, 2.75) is 6.54 Å². The van der Waals surface area contributed by atoms with E-state index in [1.54, 1.807) is 36.3 Å². The maximum atomic E-state index is 12.4. The van der Waals surface area contributed by atoms with Crippen LogP contribution in [-0.2, 0) is 6.54 Å². The van der Waals surface area contributed by atoms with Gasteiger partial charge in [0.25, 0.3) is 5.91 Å². The number of hydrogen-bond donors (Lipinski definition) is 1. The highest BCUT2D eigenvalue weighted by atomic mass is 16.5. The molecule has 1 N–H and O–H groups in total. The van der Waals surface area contributed by atoms with Crippen molar-refractivity contribution < 1.29 is 14.3 Å². The summed E-state index contributed by atoms with van der Waals surface area (Å²) in [5.41, 5.74) is 2.26. The Morgan fingerprint density at radius 2 is 1.84 bits per heavy atom. The van der Waals surface area contributed by atoms with E-state index in [9.17, 15) is 4.79 Å². The minimum Gasteiger partial charge on any atom is -0.493 e. The zero-order valence-electron chi connectivity index (χ0n) is 14.0. The van der Waals surface area contributed by atoms with Crippen LogP contribution in [0.5, 0.6) is 11.5 Å². The third-order valence-electron chi connectivity index (χ3n) is 3.67. The molecule has 0 fully saturated rings. The molecular weight excluding hydrogens is 320 g/mol. The molecule has 2 aromatic carbocycles. The smallest absolute Gasteiger partial charge is 0.255 e. The van der Waals surface area contributed by atoms with Gasteiger partial charge in [0.1, 0.15) is 12.7 Å². The highest BCUT2D eigenvalue weighted by Crippen LogP contribution is 2.27. The Morgan fingerprint density at radius 1 is 1.08 bits per heavy atom. The van der Waals surface area contributed by atoms with Gasteiger partial charge in [-0.15, -0.1) is 0 Å². The molecule has 0 spiro atoms. The Labute approximate surface area is 145 Å². The summed E-state index contributed by atoms with van der Waals surface area (Å²) in [6.07, 6.45) is 3.16. The maximum absolute atomic E-state index is 12.4. The van der Waals surface area contributed by atoms with Crippen molar-refractivity contribution in [1.82, 2.24) is 14.8 Å². The summed E-state index contributed by atoms with van der Waals surface area (Å²) in [5.74, 6) is 0.875. The van der Waals surface area contributed by atoms with Crippen LogP contribution in [-0.4, -0.2) is 34.9 Å². The maximum Gasteiger partial charge on any atom is 0.255 e. The minimum absolute atomic E-state index is 0.218. The molecule has 7 heteroatoms. The Kier molecular flexibility index (Phi) is 4.94. The highest BCUT2D eigenvalue weighted by molar-refractivity contribution is 6.04. The summed E-state index contributed by atoms with van der Waals surface area (Å²) in [6, 6.07) is 12.6. The molecule has 0 aliphatic carbocycles. The van der Waals surface area contributed by atoms with Crippen LogP contribution in [0.25, 0.3) is 0 Å². The Balaban J connectivity index is 1.68. The number of hydrogen-bond acceptors (Lipinski definition) is 5. The molecule has 0 bridgehead atoms. The molecular formula is C18H18N4O3. The molecule has 1 aromatic heterocycles. The lowest BCUT2D eigenvalue weighted by molar-refractivity contribution is 0.102. The van der Waals surface area contributed by atoms with E-state index in [4.69, 9.17) is 9.47 Å². The zero-order chi connectivity index (χ0) is 17.6. The van der Waals surface area contributed by atoms with E-state index in [-0.39, 0.29) is 5.91 Å². The number of carbonyl (C=O) groups excluding carboxylic acids is 1. The van der Waals surface area contributed by atoms with Gasteiger partial charge in [0.05, 0.1) is 20.8 Å². The Hall–Kier alpha value is -3.35. The van der Waals surface area contributed by atoms with E-state index >= 15 is 0 Å². The quantitative estimate of drug-likeness (QED) is 0.747. The van der Waals surface area contributed by atoms with E-state index < -0.39 is 0 Å². The van der Waals surface area contributed by atoms with E-state index in [1.165, 1.54) is 13.4 Å². The van der Waals surface area contributed by atoms with Gasteiger partial charge in [-0.05, 0) is 35.9 Å². The molecule has 7 nitrogen and oxygen atoms in total. The first-order valence-electron chi connectivity index (χ1n) is 7.64. The van der Waals surface area contributed by atoms with Crippen LogP contribution in [0.15, 0.2) is 55.1 Å². The number of anilines is 1. The highest BCUT2D eigenvalue weighted by Gasteiger charge is 2.11. The van der Waals surface area contributed by atoms with Crippen LogP contribution >= 0.6 is 0 Å². The predicted octanol–water partition coefficient (Wildman–Crippen LogP) is 2.60. The molecule has 0 saturated carbocycles. The van der Waals surface area contributed by atoms with Crippen LogP contribution in [0.1, 0.15) is 15.9 Å². The average Bonchev–Trinajstić information content (AvgIpc) is 3.15. The SMILES string of the molecule is COc1ccc(C(=O)Nc2ccc(Cn3cncn3)cc2)cc1OC. The van der Waals surface area contributed by atoms with Gasteiger partial charge in [0.15, 0.2) is 11.5 Å². The van der Waals surface area contributed by atoms with Crippen LogP contribution in [0.3, 0.4) is 0 Å². The third kappa shape index (κ3) is 3.95. The lowest BCUT2D eigenvalue weighted by Crippen LogP contribution is -2.12. The van der Waals surface area contributed by atoms with Crippen molar-refractivity contribution >= 4 is 11.6 Å². The van der Waals surface area contributed by atoms with Crippen LogP contribution in [0.4, 0.5) is 5.69 Å². The van der Waals surface area contributed by atoms with Crippen molar-refractivity contribution in [3.05, 3.63) is 66.2 Å². The van der Waals surface area contributed by atoms with Gasteiger partial charge in [0.2, 0.25) is 0 Å². The van der Waals surface area contributed by atoms with Crippen molar-refractivity contribution in [3.63, 3.8) is 0 Å². The molecule has 25 heavy (non-hydrogen) atoms. The minimum atomic E-state index is -0.218. The second-order valence-electron chi connectivity index (χ2n) is 5.31. The fourth-order valence-corrected chi connectivity index (χ4v) is 2.38. The monoisotopic (exact) mass is 338 g/mol. The number of methoxy groups -OCH3 is 2. The molecule has 1 heterocycles. The topological polar surface area (TPSA) is 78.3 Å². The number of nitrogens with zero attached hydrogens (tertiary/aromatic N) is 3. The molecule has 3 aromatic rings. The number of benzene rings is 2. The summed E-state index contributed by atoms with van der Waals surface area (Å²) in [7, 11) is 3.09. The summed E-state index contributed by atoms with van der Waals surface area (Å²) >= 11 is 0. The summed E-state index contributed by atoms with van der Waals surface area (Å²) in [6.45, 7) is 0.629. The molecule has 0 atom stereocenters. The Morgan fingerprint density at radius 3 is 2.48 bits per heavy atom. The summed E-state index contributed by atoms with van der Waals surface area (Å²) in [4.78, 5) is 16.3. The number of carbonyl (C=O) groups is 1. The number of aromatic nitrogens is 3. The third-order valence-corrected chi connectivity index (χ3v) is 3.67. The summed E-state index contributed by atoms with van der Waals surface area (Å²) < 4.78 is 12.1.